The second-order valence-corrected chi connectivity index (χ2v) is 6.30. The molecule has 1 N–H and O–H groups in total. The first-order valence-electron chi connectivity index (χ1n) is 6.59. The molecule has 0 saturated carbocycles. The molecule has 2 aliphatic heterocycles. The van der Waals surface area contributed by atoms with Crippen molar-refractivity contribution >= 4 is 11.8 Å². The average molecular weight is 253 g/mol. The van der Waals surface area contributed by atoms with Gasteiger partial charge in [0.25, 0.3) is 0 Å². The summed E-state index contributed by atoms with van der Waals surface area (Å²) in [7, 11) is 0. The van der Waals surface area contributed by atoms with E-state index in [2.05, 4.69) is 27.2 Å². The Bertz CT molecular complexity index is 356. The SMILES string of the molecule is C1CCC(Cc2noc(C3CCCN3)n2)SC1. The summed E-state index contributed by atoms with van der Waals surface area (Å²) in [5, 5.41) is 8.20. The molecule has 2 aliphatic rings. The number of rotatable bonds is 3. The Balaban J connectivity index is 1.59. The minimum Gasteiger partial charge on any atom is -0.338 e. The Morgan fingerprint density at radius 3 is 3.06 bits per heavy atom. The van der Waals surface area contributed by atoms with E-state index in [0.29, 0.717) is 11.3 Å². The summed E-state index contributed by atoms with van der Waals surface area (Å²) in [5.41, 5.74) is 0. The van der Waals surface area contributed by atoms with Gasteiger partial charge in [-0.05, 0) is 38.0 Å². The van der Waals surface area contributed by atoms with Gasteiger partial charge >= 0.3 is 0 Å². The molecule has 2 unspecified atom stereocenters. The minimum absolute atomic E-state index is 0.301. The van der Waals surface area contributed by atoms with Crippen LogP contribution in [0.5, 0.6) is 0 Å². The number of aromatic nitrogens is 2. The van der Waals surface area contributed by atoms with E-state index in [1.807, 2.05) is 0 Å². The number of thioether (sulfide) groups is 1. The Labute approximate surface area is 106 Å². The van der Waals surface area contributed by atoms with Gasteiger partial charge in [0.15, 0.2) is 5.82 Å². The van der Waals surface area contributed by atoms with Crippen molar-refractivity contribution in [1.29, 1.82) is 0 Å². The van der Waals surface area contributed by atoms with Crippen molar-refractivity contribution in [2.24, 2.45) is 0 Å². The molecule has 2 fully saturated rings. The van der Waals surface area contributed by atoms with Gasteiger partial charge in [0.1, 0.15) is 0 Å². The van der Waals surface area contributed by atoms with Crippen LogP contribution in [0.15, 0.2) is 4.52 Å². The summed E-state index contributed by atoms with van der Waals surface area (Å²) < 4.78 is 5.36. The van der Waals surface area contributed by atoms with Gasteiger partial charge in [-0.25, -0.2) is 0 Å². The quantitative estimate of drug-likeness (QED) is 0.896. The Morgan fingerprint density at radius 2 is 2.29 bits per heavy atom. The first kappa shape index (κ1) is 11.5. The van der Waals surface area contributed by atoms with Gasteiger partial charge in [0.2, 0.25) is 5.89 Å². The van der Waals surface area contributed by atoms with Crippen LogP contribution in [0.1, 0.15) is 49.9 Å². The largest absolute Gasteiger partial charge is 0.338 e. The molecule has 2 atom stereocenters. The van der Waals surface area contributed by atoms with Gasteiger partial charge < -0.3 is 9.84 Å². The lowest BCUT2D eigenvalue weighted by Gasteiger charge is -2.19. The number of hydrogen-bond donors (Lipinski definition) is 1. The molecule has 17 heavy (non-hydrogen) atoms. The molecular weight excluding hydrogens is 234 g/mol. The van der Waals surface area contributed by atoms with Crippen molar-refractivity contribution in [3.63, 3.8) is 0 Å². The zero-order valence-electron chi connectivity index (χ0n) is 10.0. The van der Waals surface area contributed by atoms with Crippen molar-refractivity contribution in [2.75, 3.05) is 12.3 Å². The van der Waals surface area contributed by atoms with E-state index in [1.165, 1.54) is 31.4 Å². The number of nitrogens with one attached hydrogen (secondary N) is 1. The Kier molecular flexibility index (Phi) is 3.66. The molecule has 2 saturated heterocycles. The summed E-state index contributed by atoms with van der Waals surface area (Å²) >= 11 is 2.06. The summed E-state index contributed by atoms with van der Waals surface area (Å²) in [6, 6.07) is 0.301. The molecule has 1 aromatic rings. The van der Waals surface area contributed by atoms with Gasteiger partial charge in [0.05, 0.1) is 6.04 Å². The highest BCUT2D eigenvalue weighted by Gasteiger charge is 2.23. The maximum Gasteiger partial charge on any atom is 0.243 e. The van der Waals surface area contributed by atoms with Crippen LogP contribution in [-0.4, -0.2) is 27.7 Å². The second kappa shape index (κ2) is 5.40. The lowest BCUT2D eigenvalue weighted by molar-refractivity contribution is 0.341. The lowest BCUT2D eigenvalue weighted by atomic mass is 10.1. The van der Waals surface area contributed by atoms with Crippen LogP contribution in [0, 0.1) is 0 Å². The van der Waals surface area contributed by atoms with E-state index in [-0.39, 0.29) is 0 Å². The van der Waals surface area contributed by atoms with Crippen molar-refractivity contribution in [3.8, 4) is 0 Å². The van der Waals surface area contributed by atoms with Gasteiger partial charge in [0, 0.05) is 11.7 Å². The summed E-state index contributed by atoms with van der Waals surface area (Å²) in [6.45, 7) is 1.07. The van der Waals surface area contributed by atoms with Crippen LogP contribution < -0.4 is 5.32 Å². The molecule has 4 nitrogen and oxygen atoms in total. The first-order chi connectivity index (χ1) is 8.42. The first-order valence-corrected chi connectivity index (χ1v) is 7.64. The number of nitrogens with zero attached hydrogens (tertiary/aromatic N) is 2. The monoisotopic (exact) mass is 253 g/mol. The Hall–Kier alpha value is -0.550. The van der Waals surface area contributed by atoms with Crippen molar-refractivity contribution in [2.45, 2.75) is 49.8 Å². The highest BCUT2D eigenvalue weighted by atomic mass is 32.2. The van der Waals surface area contributed by atoms with Gasteiger partial charge in [-0.1, -0.05) is 11.6 Å². The minimum atomic E-state index is 0.301. The predicted molar refractivity (Wildman–Crippen MR) is 68.1 cm³/mol. The van der Waals surface area contributed by atoms with Crippen LogP contribution >= 0.6 is 11.8 Å². The van der Waals surface area contributed by atoms with Crippen LogP contribution in [0.4, 0.5) is 0 Å². The summed E-state index contributed by atoms with van der Waals surface area (Å²) in [5.74, 6) is 2.98. The van der Waals surface area contributed by atoms with Crippen molar-refractivity contribution in [3.05, 3.63) is 11.7 Å². The molecule has 5 heteroatoms. The Morgan fingerprint density at radius 1 is 1.29 bits per heavy atom. The fourth-order valence-corrected chi connectivity index (χ4v) is 3.86. The molecule has 3 heterocycles. The van der Waals surface area contributed by atoms with Crippen LogP contribution in [0.2, 0.25) is 0 Å². The third-order valence-electron chi connectivity index (χ3n) is 3.53. The van der Waals surface area contributed by atoms with E-state index in [9.17, 15) is 0 Å². The van der Waals surface area contributed by atoms with Crippen molar-refractivity contribution in [1.82, 2.24) is 15.5 Å². The molecule has 0 aliphatic carbocycles. The zero-order valence-corrected chi connectivity index (χ0v) is 10.8. The molecule has 0 radical (unpaired) electrons. The molecule has 0 spiro atoms. The fraction of sp³-hybridized carbons (Fsp3) is 0.833. The predicted octanol–water partition coefficient (Wildman–Crippen LogP) is 2.32. The smallest absolute Gasteiger partial charge is 0.243 e. The van der Waals surface area contributed by atoms with Crippen LogP contribution in [0.3, 0.4) is 0 Å². The van der Waals surface area contributed by atoms with Gasteiger partial charge in [-0.3, -0.25) is 0 Å². The van der Waals surface area contributed by atoms with Crippen molar-refractivity contribution < 1.29 is 4.52 Å². The average Bonchev–Trinajstić information content (AvgIpc) is 3.00. The summed E-state index contributed by atoms with van der Waals surface area (Å²) in [4.78, 5) is 4.53. The van der Waals surface area contributed by atoms with Gasteiger partial charge in [-0.15, -0.1) is 0 Å². The molecular formula is C12H19N3OS. The lowest BCUT2D eigenvalue weighted by Crippen LogP contribution is -2.14. The van der Waals surface area contributed by atoms with E-state index in [0.717, 1.165) is 31.1 Å². The molecule has 3 rings (SSSR count). The summed E-state index contributed by atoms with van der Waals surface area (Å²) in [6.07, 6.45) is 7.33. The molecule has 0 aromatic carbocycles. The second-order valence-electron chi connectivity index (χ2n) is 4.89. The molecule has 94 valence electrons. The van der Waals surface area contributed by atoms with Crippen LogP contribution in [0.25, 0.3) is 0 Å². The third kappa shape index (κ3) is 2.83. The maximum absolute atomic E-state index is 5.36. The van der Waals surface area contributed by atoms with E-state index in [1.54, 1.807) is 0 Å². The third-order valence-corrected chi connectivity index (χ3v) is 4.92. The molecule has 1 aromatic heterocycles. The van der Waals surface area contributed by atoms with Crippen LogP contribution in [-0.2, 0) is 6.42 Å². The normalized spacial score (nSPS) is 29.6. The van der Waals surface area contributed by atoms with E-state index < -0.39 is 0 Å². The number of hydrogen-bond acceptors (Lipinski definition) is 5. The standard InChI is InChI=1S/C12H19N3OS/c1-2-7-17-9(4-1)8-11-14-12(16-15-11)10-5-3-6-13-10/h9-10,13H,1-8H2. The molecule has 0 bridgehead atoms. The maximum atomic E-state index is 5.36. The van der Waals surface area contributed by atoms with Gasteiger partial charge in [-0.2, -0.15) is 16.7 Å². The molecule has 0 amide bonds. The highest BCUT2D eigenvalue weighted by Crippen LogP contribution is 2.28. The highest BCUT2D eigenvalue weighted by molar-refractivity contribution is 7.99. The van der Waals surface area contributed by atoms with E-state index in [4.69, 9.17) is 4.52 Å². The fourth-order valence-electron chi connectivity index (χ4n) is 2.56. The topological polar surface area (TPSA) is 51.0 Å². The van der Waals surface area contributed by atoms with E-state index >= 15 is 0 Å². The zero-order chi connectivity index (χ0) is 11.5.